The van der Waals surface area contributed by atoms with E-state index in [1.165, 1.54) is 37.0 Å². The molecular formula is C17H26N4. The molecule has 1 atom stereocenters. The largest absolute Gasteiger partial charge is 0.328 e. The Labute approximate surface area is 126 Å². The van der Waals surface area contributed by atoms with Crippen LogP contribution >= 0.6 is 0 Å². The van der Waals surface area contributed by atoms with E-state index in [0.29, 0.717) is 12.6 Å². The number of aromatic nitrogens is 2. The number of nitrogens with two attached hydrogens (primary N) is 1. The fourth-order valence-electron chi connectivity index (χ4n) is 3.26. The third kappa shape index (κ3) is 2.83. The SMILES string of the molecule is CCc1ccc2c(c1)nc(CN1CCCC1)n2C(C)CN. The van der Waals surface area contributed by atoms with Crippen LogP contribution in [0.25, 0.3) is 11.0 Å². The predicted octanol–water partition coefficient (Wildman–Crippen LogP) is 2.71. The number of hydrogen-bond acceptors (Lipinski definition) is 3. The van der Waals surface area contributed by atoms with Gasteiger partial charge in [0, 0.05) is 12.6 Å². The highest BCUT2D eigenvalue weighted by molar-refractivity contribution is 5.77. The summed E-state index contributed by atoms with van der Waals surface area (Å²) < 4.78 is 2.34. The average molecular weight is 286 g/mol. The van der Waals surface area contributed by atoms with Crippen LogP contribution < -0.4 is 5.73 Å². The van der Waals surface area contributed by atoms with Gasteiger partial charge >= 0.3 is 0 Å². The summed E-state index contributed by atoms with van der Waals surface area (Å²) in [7, 11) is 0. The summed E-state index contributed by atoms with van der Waals surface area (Å²) in [6.07, 6.45) is 3.68. The van der Waals surface area contributed by atoms with Gasteiger partial charge in [-0.1, -0.05) is 13.0 Å². The average Bonchev–Trinajstić information content (AvgIpc) is 3.13. The van der Waals surface area contributed by atoms with Crippen molar-refractivity contribution in [2.75, 3.05) is 19.6 Å². The molecule has 4 heteroatoms. The van der Waals surface area contributed by atoms with E-state index in [0.717, 1.165) is 24.3 Å². The van der Waals surface area contributed by atoms with Crippen molar-refractivity contribution in [3.8, 4) is 0 Å². The molecule has 2 N–H and O–H groups in total. The molecule has 0 radical (unpaired) electrons. The van der Waals surface area contributed by atoms with E-state index >= 15 is 0 Å². The van der Waals surface area contributed by atoms with E-state index in [9.17, 15) is 0 Å². The second kappa shape index (κ2) is 6.16. The van der Waals surface area contributed by atoms with Crippen molar-refractivity contribution in [1.82, 2.24) is 14.5 Å². The van der Waals surface area contributed by atoms with Crippen LogP contribution in [-0.2, 0) is 13.0 Å². The Kier molecular flexibility index (Phi) is 4.27. The molecule has 0 bridgehead atoms. The van der Waals surface area contributed by atoms with Gasteiger partial charge < -0.3 is 10.3 Å². The fraction of sp³-hybridized carbons (Fsp3) is 0.588. The van der Waals surface area contributed by atoms with Crippen LogP contribution in [0.2, 0.25) is 0 Å². The van der Waals surface area contributed by atoms with Crippen molar-refractivity contribution in [1.29, 1.82) is 0 Å². The number of hydrogen-bond donors (Lipinski definition) is 1. The molecular weight excluding hydrogens is 260 g/mol. The van der Waals surface area contributed by atoms with E-state index in [1.807, 2.05) is 0 Å². The monoisotopic (exact) mass is 286 g/mol. The maximum Gasteiger partial charge on any atom is 0.124 e. The first-order valence-corrected chi connectivity index (χ1v) is 8.15. The minimum atomic E-state index is 0.292. The lowest BCUT2D eigenvalue weighted by Crippen LogP contribution is -2.24. The van der Waals surface area contributed by atoms with Crippen LogP contribution in [0, 0.1) is 0 Å². The van der Waals surface area contributed by atoms with E-state index in [2.05, 4.69) is 41.5 Å². The third-order valence-corrected chi connectivity index (χ3v) is 4.58. The van der Waals surface area contributed by atoms with Crippen molar-refractivity contribution < 1.29 is 0 Å². The topological polar surface area (TPSA) is 47.1 Å². The van der Waals surface area contributed by atoms with E-state index < -0.39 is 0 Å². The van der Waals surface area contributed by atoms with Gasteiger partial charge in [0.15, 0.2) is 0 Å². The van der Waals surface area contributed by atoms with Crippen molar-refractivity contribution in [2.24, 2.45) is 5.73 Å². The van der Waals surface area contributed by atoms with Crippen molar-refractivity contribution in [3.05, 3.63) is 29.6 Å². The normalized spacial score (nSPS) is 17.7. The highest BCUT2D eigenvalue weighted by Gasteiger charge is 2.19. The summed E-state index contributed by atoms with van der Waals surface area (Å²) in [5.74, 6) is 1.16. The van der Waals surface area contributed by atoms with Gasteiger partial charge in [0.05, 0.1) is 17.6 Å². The number of benzene rings is 1. The molecule has 1 aliphatic heterocycles. The van der Waals surface area contributed by atoms with Gasteiger partial charge in [0.25, 0.3) is 0 Å². The van der Waals surface area contributed by atoms with Crippen LogP contribution in [0.1, 0.15) is 44.1 Å². The lowest BCUT2D eigenvalue weighted by atomic mass is 10.1. The van der Waals surface area contributed by atoms with Crippen LogP contribution in [0.5, 0.6) is 0 Å². The Balaban J connectivity index is 2.03. The molecule has 0 saturated carbocycles. The number of fused-ring (bicyclic) bond motifs is 1. The lowest BCUT2D eigenvalue weighted by molar-refractivity contribution is 0.313. The molecule has 0 aliphatic carbocycles. The summed E-state index contributed by atoms with van der Waals surface area (Å²) >= 11 is 0. The Hall–Kier alpha value is -1.39. The van der Waals surface area contributed by atoms with Gasteiger partial charge in [-0.2, -0.15) is 0 Å². The van der Waals surface area contributed by atoms with Gasteiger partial charge in [-0.3, -0.25) is 4.90 Å². The molecule has 114 valence electrons. The second-order valence-corrected chi connectivity index (χ2v) is 6.14. The maximum absolute atomic E-state index is 5.93. The molecule has 1 aliphatic rings. The second-order valence-electron chi connectivity index (χ2n) is 6.14. The molecule has 21 heavy (non-hydrogen) atoms. The highest BCUT2D eigenvalue weighted by atomic mass is 15.2. The first-order valence-electron chi connectivity index (χ1n) is 8.15. The minimum Gasteiger partial charge on any atom is -0.328 e. The Morgan fingerprint density at radius 3 is 2.71 bits per heavy atom. The van der Waals surface area contributed by atoms with Crippen LogP contribution in [0.3, 0.4) is 0 Å². The Bertz CT molecular complexity index is 611. The molecule has 3 rings (SSSR count). The van der Waals surface area contributed by atoms with Crippen molar-refractivity contribution >= 4 is 11.0 Å². The number of imidazole rings is 1. The molecule has 1 fully saturated rings. The molecule has 2 aromatic rings. The zero-order valence-corrected chi connectivity index (χ0v) is 13.2. The molecule has 0 amide bonds. The van der Waals surface area contributed by atoms with Crippen LogP contribution in [0.15, 0.2) is 18.2 Å². The van der Waals surface area contributed by atoms with E-state index in [-0.39, 0.29) is 0 Å². The highest BCUT2D eigenvalue weighted by Crippen LogP contribution is 2.24. The standard InChI is InChI=1S/C17H26N4/c1-3-14-6-7-16-15(10-14)19-17(21(16)13(2)11-18)12-20-8-4-5-9-20/h6-7,10,13H,3-5,8-9,11-12,18H2,1-2H3. The molecule has 2 heterocycles. The summed E-state index contributed by atoms with van der Waals surface area (Å²) in [4.78, 5) is 7.42. The van der Waals surface area contributed by atoms with Crippen LogP contribution in [-0.4, -0.2) is 34.1 Å². The maximum atomic E-state index is 5.93. The quantitative estimate of drug-likeness (QED) is 0.919. The molecule has 1 unspecified atom stereocenters. The Morgan fingerprint density at radius 2 is 2.05 bits per heavy atom. The van der Waals surface area contributed by atoms with Crippen molar-refractivity contribution in [2.45, 2.75) is 45.7 Å². The van der Waals surface area contributed by atoms with Gasteiger partial charge in [-0.05, 0) is 57.0 Å². The summed E-state index contributed by atoms with van der Waals surface area (Å²) in [6.45, 7) is 8.35. The molecule has 1 aromatic heterocycles. The van der Waals surface area contributed by atoms with E-state index in [4.69, 9.17) is 10.7 Å². The number of aryl methyl sites for hydroxylation is 1. The van der Waals surface area contributed by atoms with Gasteiger partial charge in [0.2, 0.25) is 0 Å². The predicted molar refractivity (Wildman–Crippen MR) is 87.4 cm³/mol. The number of likely N-dealkylation sites (tertiary alicyclic amines) is 1. The van der Waals surface area contributed by atoms with Crippen LogP contribution in [0.4, 0.5) is 0 Å². The van der Waals surface area contributed by atoms with E-state index in [1.54, 1.807) is 0 Å². The molecule has 0 spiro atoms. The smallest absolute Gasteiger partial charge is 0.124 e. The third-order valence-electron chi connectivity index (χ3n) is 4.58. The summed E-state index contributed by atoms with van der Waals surface area (Å²) in [5.41, 5.74) is 9.61. The molecule has 4 nitrogen and oxygen atoms in total. The van der Waals surface area contributed by atoms with Crippen molar-refractivity contribution in [3.63, 3.8) is 0 Å². The molecule has 1 aromatic carbocycles. The molecule has 1 saturated heterocycles. The Morgan fingerprint density at radius 1 is 1.29 bits per heavy atom. The summed E-state index contributed by atoms with van der Waals surface area (Å²) in [5, 5.41) is 0. The zero-order valence-electron chi connectivity index (χ0n) is 13.2. The zero-order chi connectivity index (χ0) is 14.8. The number of nitrogens with zero attached hydrogens (tertiary/aromatic N) is 3. The first-order chi connectivity index (χ1) is 10.2. The van der Waals surface area contributed by atoms with Gasteiger partial charge in [0.1, 0.15) is 5.82 Å². The summed E-state index contributed by atoms with van der Waals surface area (Å²) in [6, 6.07) is 6.94. The van der Waals surface area contributed by atoms with Gasteiger partial charge in [-0.25, -0.2) is 4.98 Å². The number of rotatable bonds is 5. The minimum absolute atomic E-state index is 0.292. The fourth-order valence-corrected chi connectivity index (χ4v) is 3.26. The van der Waals surface area contributed by atoms with Gasteiger partial charge in [-0.15, -0.1) is 0 Å². The first kappa shape index (κ1) is 14.5. The lowest BCUT2D eigenvalue weighted by Gasteiger charge is -2.19.